The molecule has 0 saturated heterocycles. The minimum Gasteiger partial charge on any atom is -0.335 e. The van der Waals surface area contributed by atoms with E-state index in [9.17, 15) is 13.2 Å². The zero-order valence-corrected chi connectivity index (χ0v) is 15.5. The third-order valence-electron chi connectivity index (χ3n) is 5.17. The molecule has 8 nitrogen and oxygen atoms in total. The third-order valence-corrected chi connectivity index (χ3v) is 6.59. The number of nitrogens with zero attached hydrogens (tertiary/aromatic N) is 4. The molecule has 1 unspecified atom stereocenters. The van der Waals surface area contributed by atoms with Crippen molar-refractivity contribution in [3.8, 4) is 0 Å². The van der Waals surface area contributed by atoms with Gasteiger partial charge in [-0.2, -0.15) is 0 Å². The summed E-state index contributed by atoms with van der Waals surface area (Å²) in [6, 6.07) is 4.76. The van der Waals surface area contributed by atoms with Crippen molar-refractivity contribution >= 4 is 21.1 Å². The predicted octanol–water partition coefficient (Wildman–Crippen LogP) is 0.614. The third kappa shape index (κ3) is 2.77. The van der Waals surface area contributed by atoms with Gasteiger partial charge in [0.1, 0.15) is 5.82 Å². The summed E-state index contributed by atoms with van der Waals surface area (Å²) < 4.78 is 33.2. The second kappa shape index (κ2) is 6.10. The van der Waals surface area contributed by atoms with Gasteiger partial charge in [-0.05, 0) is 30.5 Å². The number of aromatic nitrogens is 4. The van der Waals surface area contributed by atoms with Crippen LogP contribution in [0, 0.1) is 5.92 Å². The molecular formula is C17H21N5O3S. The van der Waals surface area contributed by atoms with Crippen LogP contribution in [0.1, 0.15) is 12.2 Å². The molecule has 1 aliphatic rings. The van der Waals surface area contributed by atoms with E-state index in [2.05, 4.69) is 14.3 Å². The van der Waals surface area contributed by atoms with Gasteiger partial charge >= 0.3 is 5.69 Å². The summed E-state index contributed by atoms with van der Waals surface area (Å²) in [4.78, 5) is 16.5. The van der Waals surface area contributed by atoms with Gasteiger partial charge in [0.05, 0.1) is 15.9 Å². The van der Waals surface area contributed by atoms with E-state index in [1.165, 1.54) is 15.2 Å². The number of imidazole rings is 2. The van der Waals surface area contributed by atoms with Gasteiger partial charge in [-0.1, -0.05) is 0 Å². The maximum Gasteiger partial charge on any atom is 0.328 e. The Bertz CT molecular complexity index is 1140. The van der Waals surface area contributed by atoms with Gasteiger partial charge in [0, 0.05) is 46.0 Å². The van der Waals surface area contributed by atoms with E-state index in [0.717, 1.165) is 25.2 Å². The second-order valence-electron chi connectivity index (χ2n) is 6.80. The van der Waals surface area contributed by atoms with Crippen molar-refractivity contribution in [1.29, 1.82) is 0 Å². The number of hydrogen-bond acceptors (Lipinski definition) is 4. The number of fused-ring (bicyclic) bond motifs is 2. The highest BCUT2D eigenvalue weighted by atomic mass is 32.2. The molecule has 0 saturated carbocycles. The predicted molar refractivity (Wildman–Crippen MR) is 97.4 cm³/mol. The number of hydrogen-bond donors (Lipinski definition) is 1. The lowest BCUT2D eigenvalue weighted by atomic mass is 9.98. The Balaban J connectivity index is 1.54. The van der Waals surface area contributed by atoms with Crippen LogP contribution in [0.3, 0.4) is 0 Å². The minimum absolute atomic E-state index is 0.170. The quantitative estimate of drug-likeness (QED) is 0.724. The van der Waals surface area contributed by atoms with E-state index in [4.69, 9.17) is 0 Å². The normalized spacial score (nSPS) is 17.5. The van der Waals surface area contributed by atoms with E-state index in [-0.39, 0.29) is 16.5 Å². The largest absolute Gasteiger partial charge is 0.335 e. The van der Waals surface area contributed by atoms with Crippen LogP contribution in [-0.2, 0) is 37.1 Å². The summed E-state index contributed by atoms with van der Waals surface area (Å²) in [5.41, 5.74) is 1.12. The Kier molecular flexibility index (Phi) is 4.00. The zero-order chi connectivity index (χ0) is 18.5. The first-order chi connectivity index (χ1) is 12.4. The fraction of sp³-hybridized carbons (Fsp3) is 0.412. The number of sulfonamides is 1. The minimum atomic E-state index is -3.64. The van der Waals surface area contributed by atoms with Crippen LogP contribution in [0.15, 0.2) is 40.3 Å². The van der Waals surface area contributed by atoms with Crippen molar-refractivity contribution in [1.82, 2.24) is 23.4 Å². The average molecular weight is 375 g/mol. The molecule has 1 N–H and O–H groups in total. The Labute approximate surface area is 151 Å². The molecule has 0 spiro atoms. The topological polar surface area (TPSA) is 90.9 Å². The molecule has 138 valence electrons. The maximum atomic E-state index is 12.7. The first-order valence-electron chi connectivity index (χ1n) is 8.52. The van der Waals surface area contributed by atoms with E-state index in [1.54, 1.807) is 32.4 Å². The Hall–Kier alpha value is -2.39. The van der Waals surface area contributed by atoms with Gasteiger partial charge in [0.2, 0.25) is 10.0 Å². The lowest BCUT2D eigenvalue weighted by Gasteiger charge is -2.23. The molecule has 2 aromatic heterocycles. The zero-order valence-electron chi connectivity index (χ0n) is 14.7. The Morgan fingerprint density at radius 1 is 1.23 bits per heavy atom. The molecule has 26 heavy (non-hydrogen) atoms. The number of rotatable bonds is 4. The monoisotopic (exact) mass is 375 g/mol. The van der Waals surface area contributed by atoms with Crippen molar-refractivity contribution < 1.29 is 8.42 Å². The highest BCUT2D eigenvalue weighted by Gasteiger charge is 2.22. The molecule has 3 heterocycles. The van der Waals surface area contributed by atoms with Gasteiger partial charge in [-0.15, -0.1) is 0 Å². The molecule has 0 fully saturated rings. The van der Waals surface area contributed by atoms with Crippen molar-refractivity contribution in [3.05, 3.63) is 46.9 Å². The van der Waals surface area contributed by atoms with Gasteiger partial charge in [-0.25, -0.2) is 22.9 Å². The fourth-order valence-corrected chi connectivity index (χ4v) is 4.69. The summed E-state index contributed by atoms with van der Waals surface area (Å²) in [6.07, 6.45) is 5.41. The molecular weight excluding hydrogens is 354 g/mol. The maximum absolute atomic E-state index is 12.7. The van der Waals surface area contributed by atoms with E-state index in [1.807, 2.05) is 6.20 Å². The van der Waals surface area contributed by atoms with E-state index in [0.29, 0.717) is 17.6 Å². The van der Waals surface area contributed by atoms with Crippen LogP contribution in [-0.4, -0.2) is 33.6 Å². The Morgan fingerprint density at radius 2 is 2.00 bits per heavy atom. The first kappa shape index (κ1) is 17.0. The molecule has 0 aliphatic carbocycles. The summed E-state index contributed by atoms with van der Waals surface area (Å²) >= 11 is 0. The van der Waals surface area contributed by atoms with Crippen molar-refractivity contribution in [2.24, 2.45) is 20.0 Å². The molecule has 1 atom stereocenters. The number of nitrogens with one attached hydrogen (secondary N) is 1. The SMILES string of the molecule is Cn1c(=O)n(C)c2cc(S(=O)(=O)NCC3CCn4ccnc4C3)ccc21. The first-order valence-corrected chi connectivity index (χ1v) is 10.0. The van der Waals surface area contributed by atoms with Gasteiger partial charge in [0.25, 0.3) is 0 Å². The lowest BCUT2D eigenvalue weighted by molar-refractivity contribution is 0.379. The van der Waals surface area contributed by atoms with Crippen LogP contribution >= 0.6 is 0 Å². The van der Waals surface area contributed by atoms with Crippen LogP contribution in [0.2, 0.25) is 0 Å². The van der Waals surface area contributed by atoms with Crippen molar-refractivity contribution in [3.63, 3.8) is 0 Å². The standard InChI is InChI=1S/C17H21N5O3S/c1-20-14-4-3-13(10-15(14)21(2)17(20)23)26(24,25)19-11-12-5-7-22-8-6-18-16(22)9-12/h3-4,6,8,10,12,19H,5,7,9,11H2,1-2H3. The van der Waals surface area contributed by atoms with Crippen LogP contribution in [0.25, 0.3) is 11.0 Å². The fourth-order valence-electron chi connectivity index (χ4n) is 3.55. The molecule has 9 heteroatoms. The summed E-state index contributed by atoms with van der Waals surface area (Å²) in [7, 11) is -0.329. The summed E-state index contributed by atoms with van der Waals surface area (Å²) in [5.74, 6) is 1.23. The number of benzene rings is 1. The van der Waals surface area contributed by atoms with Gasteiger partial charge < -0.3 is 4.57 Å². The molecule has 0 radical (unpaired) electrons. The molecule has 3 aromatic rings. The highest BCUT2D eigenvalue weighted by molar-refractivity contribution is 7.89. The van der Waals surface area contributed by atoms with E-state index >= 15 is 0 Å². The highest BCUT2D eigenvalue weighted by Crippen LogP contribution is 2.21. The lowest BCUT2D eigenvalue weighted by Crippen LogP contribution is -2.33. The van der Waals surface area contributed by atoms with Crippen LogP contribution < -0.4 is 10.4 Å². The van der Waals surface area contributed by atoms with E-state index < -0.39 is 10.0 Å². The van der Waals surface area contributed by atoms with Crippen LogP contribution in [0.4, 0.5) is 0 Å². The molecule has 4 rings (SSSR count). The molecule has 1 aliphatic heterocycles. The van der Waals surface area contributed by atoms with Crippen molar-refractivity contribution in [2.45, 2.75) is 24.3 Å². The Morgan fingerprint density at radius 3 is 2.81 bits per heavy atom. The summed E-state index contributed by atoms with van der Waals surface area (Å²) in [6.45, 7) is 1.24. The molecule has 0 amide bonds. The molecule has 0 bridgehead atoms. The second-order valence-corrected chi connectivity index (χ2v) is 8.57. The number of aryl methyl sites for hydroxylation is 3. The van der Waals surface area contributed by atoms with Crippen LogP contribution in [0.5, 0.6) is 0 Å². The van der Waals surface area contributed by atoms with Crippen molar-refractivity contribution in [2.75, 3.05) is 6.54 Å². The van der Waals surface area contributed by atoms with Gasteiger partial charge in [0.15, 0.2) is 0 Å². The summed E-state index contributed by atoms with van der Waals surface area (Å²) in [5, 5.41) is 0. The smallest absolute Gasteiger partial charge is 0.328 e. The molecule has 1 aromatic carbocycles. The average Bonchev–Trinajstić information content (AvgIpc) is 3.19. The van der Waals surface area contributed by atoms with Gasteiger partial charge in [-0.3, -0.25) is 9.13 Å².